The van der Waals surface area contributed by atoms with Crippen molar-refractivity contribution in [2.24, 2.45) is 11.5 Å². The summed E-state index contributed by atoms with van der Waals surface area (Å²) in [7, 11) is 0. The number of nitrogens with two attached hydrogens (primary N) is 2. The van der Waals surface area contributed by atoms with Crippen molar-refractivity contribution in [2.45, 2.75) is 6.92 Å². The molecule has 0 unspecified atom stereocenters. The topological polar surface area (TPSA) is 102 Å². The van der Waals surface area contributed by atoms with Crippen molar-refractivity contribution in [3.05, 3.63) is 0 Å². The third-order valence-electron chi connectivity index (χ3n) is 0.287. The molecule has 0 fully saturated rings. The van der Waals surface area contributed by atoms with Crippen molar-refractivity contribution in [3.8, 4) is 0 Å². The fourth-order valence-electron chi connectivity index (χ4n) is 0.142. The van der Waals surface area contributed by atoms with Crippen LogP contribution in [0, 0.1) is 5.41 Å². The van der Waals surface area contributed by atoms with Gasteiger partial charge in [0.05, 0.1) is 12.9 Å². The van der Waals surface area contributed by atoms with E-state index in [1.54, 1.807) is 6.92 Å². The highest BCUT2D eigenvalue weighted by molar-refractivity contribution is 5.64. The molecule has 5 nitrogen and oxygen atoms in total. The normalized spacial score (nSPS) is 6.33. The van der Waals surface area contributed by atoms with Crippen LogP contribution in [-0.2, 0) is 4.74 Å². The van der Waals surface area contributed by atoms with Crippen LogP contribution >= 0.6 is 0 Å². The first kappa shape index (κ1) is 10.7. The van der Waals surface area contributed by atoms with Gasteiger partial charge in [-0.05, 0) is 6.92 Å². The average molecular weight is 133 g/mol. The maximum absolute atomic E-state index is 9.60. The van der Waals surface area contributed by atoms with Gasteiger partial charge in [-0.25, -0.2) is 4.79 Å². The lowest BCUT2D eigenvalue weighted by Gasteiger charge is -1.89. The van der Waals surface area contributed by atoms with E-state index in [0.717, 1.165) is 6.34 Å². The van der Waals surface area contributed by atoms with Crippen molar-refractivity contribution in [3.63, 3.8) is 0 Å². The Hall–Kier alpha value is -1.26. The summed E-state index contributed by atoms with van der Waals surface area (Å²) in [6.07, 6.45) is 0.0394. The Bertz CT molecular complexity index is 83.9. The predicted octanol–water partition coefficient (Wildman–Crippen LogP) is -0.346. The number of hydrogen-bond acceptors (Lipinski definition) is 3. The van der Waals surface area contributed by atoms with E-state index < -0.39 is 6.09 Å². The summed E-state index contributed by atoms with van der Waals surface area (Å²) in [5.41, 5.74) is 8.93. The van der Waals surface area contributed by atoms with Gasteiger partial charge in [0.15, 0.2) is 0 Å². The van der Waals surface area contributed by atoms with Crippen LogP contribution in [0.1, 0.15) is 6.92 Å². The predicted molar refractivity (Wildman–Crippen MR) is 34.2 cm³/mol. The Morgan fingerprint density at radius 3 is 2.22 bits per heavy atom. The molecule has 0 spiro atoms. The quantitative estimate of drug-likeness (QED) is 0.336. The largest absolute Gasteiger partial charge is 0.450 e. The van der Waals surface area contributed by atoms with E-state index in [4.69, 9.17) is 5.41 Å². The standard InChI is InChI=1S/C3H7NO2.CH4N2/c1-2-6-3(4)5;2-1-3/h2H2,1H3,(H2,4,5);1H,(H3,2,3). The first-order valence-corrected chi connectivity index (χ1v) is 2.31. The highest BCUT2D eigenvalue weighted by atomic mass is 16.5. The second-order valence-corrected chi connectivity index (χ2v) is 0.919. The van der Waals surface area contributed by atoms with E-state index in [1.165, 1.54) is 0 Å². The molecule has 0 heterocycles. The van der Waals surface area contributed by atoms with Gasteiger partial charge in [0.25, 0.3) is 0 Å². The lowest BCUT2D eigenvalue weighted by atomic mass is 10.9. The lowest BCUT2D eigenvalue weighted by Crippen LogP contribution is -2.11. The molecule has 5 N–H and O–H groups in total. The molecule has 5 heteroatoms. The van der Waals surface area contributed by atoms with Gasteiger partial charge >= 0.3 is 6.09 Å². The lowest BCUT2D eigenvalue weighted by molar-refractivity contribution is 0.163. The van der Waals surface area contributed by atoms with Gasteiger partial charge < -0.3 is 16.2 Å². The number of ether oxygens (including phenoxy) is 1. The van der Waals surface area contributed by atoms with Gasteiger partial charge in [0.1, 0.15) is 0 Å². The molecule has 0 rings (SSSR count). The zero-order chi connectivity index (χ0) is 7.70. The Kier molecular flexibility index (Phi) is 11.7. The molecule has 0 aromatic heterocycles. The maximum Gasteiger partial charge on any atom is 0.404 e. The van der Waals surface area contributed by atoms with E-state index in [1.807, 2.05) is 0 Å². The summed E-state index contributed by atoms with van der Waals surface area (Å²) in [6.45, 7) is 2.06. The third-order valence-corrected chi connectivity index (χ3v) is 0.287. The monoisotopic (exact) mass is 133 g/mol. The highest BCUT2D eigenvalue weighted by Crippen LogP contribution is 1.66. The number of hydrogen-bond donors (Lipinski definition) is 3. The first-order valence-electron chi connectivity index (χ1n) is 2.31. The Balaban J connectivity index is 0. The zero-order valence-electron chi connectivity index (χ0n) is 5.26. The Labute approximate surface area is 53.5 Å². The van der Waals surface area contributed by atoms with Gasteiger partial charge in [-0.1, -0.05) is 0 Å². The summed E-state index contributed by atoms with van der Waals surface area (Å²) < 4.78 is 4.18. The minimum absolute atomic E-state index is 0.356. The molecular weight excluding hydrogens is 122 g/mol. The fraction of sp³-hybridized carbons (Fsp3) is 0.500. The van der Waals surface area contributed by atoms with E-state index in [-0.39, 0.29) is 0 Å². The molecule has 9 heavy (non-hydrogen) atoms. The molecule has 0 aliphatic carbocycles. The van der Waals surface area contributed by atoms with Gasteiger partial charge in [0.2, 0.25) is 0 Å². The summed E-state index contributed by atoms with van der Waals surface area (Å²) >= 11 is 0. The van der Waals surface area contributed by atoms with Crippen molar-refractivity contribution in [2.75, 3.05) is 6.61 Å². The molecule has 0 atom stereocenters. The summed E-state index contributed by atoms with van der Waals surface area (Å²) in [6, 6.07) is 0. The molecule has 1 amide bonds. The smallest absolute Gasteiger partial charge is 0.404 e. The number of amides is 1. The molecule has 0 aromatic carbocycles. The Morgan fingerprint density at radius 2 is 2.22 bits per heavy atom. The summed E-state index contributed by atoms with van der Waals surface area (Å²) in [5.74, 6) is 0. The van der Waals surface area contributed by atoms with Crippen LogP contribution < -0.4 is 11.5 Å². The molecular formula is C4H11N3O2. The van der Waals surface area contributed by atoms with Crippen molar-refractivity contribution in [1.82, 2.24) is 0 Å². The second kappa shape index (κ2) is 9.88. The number of rotatable bonds is 1. The Morgan fingerprint density at radius 1 is 1.89 bits per heavy atom. The van der Waals surface area contributed by atoms with E-state index in [0.29, 0.717) is 6.61 Å². The SMILES string of the molecule is CCOC(N)=O.N=CN. The van der Waals surface area contributed by atoms with Crippen molar-refractivity contribution >= 4 is 12.4 Å². The van der Waals surface area contributed by atoms with Gasteiger partial charge in [-0.3, -0.25) is 5.41 Å². The van der Waals surface area contributed by atoms with Gasteiger partial charge in [0, 0.05) is 0 Å². The number of carbonyl (C=O) groups is 1. The first-order chi connectivity index (χ1) is 4.18. The van der Waals surface area contributed by atoms with Crippen LogP contribution in [0.15, 0.2) is 0 Å². The van der Waals surface area contributed by atoms with Crippen molar-refractivity contribution < 1.29 is 9.53 Å². The molecule has 0 saturated heterocycles. The number of carbonyl (C=O) groups excluding carboxylic acids is 1. The van der Waals surface area contributed by atoms with E-state index in [2.05, 4.69) is 16.2 Å². The fourth-order valence-corrected chi connectivity index (χ4v) is 0.142. The van der Waals surface area contributed by atoms with Crippen LogP contribution in [0.5, 0.6) is 0 Å². The molecule has 0 saturated carbocycles. The summed E-state index contributed by atoms with van der Waals surface area (Å²) in [5, 5.41) is 5.86. The minimum Gasteiger partial charge on any atom is -0.450 e. The number of nitrogens with one attached hydrogen (secondary N) is 1. The van der Waals surface area contributed by atoms with Crippen LogP contribution in [0.2, 0.25) is 0 Å². The van der Waals surface area contributed by atoms with Gasteiger partial charge in [-0.15, -0.1) is 0 Å². The molecule has 0 radical (unpaired) electrons. The van der Waals surface area contributed by atoms with Gasteiger partial charge in [-0.2, -0.15) is 0 Å². The molecule has 0 bridgehead atoms. The zero-order valence-corrected chi connectivity index (χ0v) is 5.26. The van der Waals surface area contributed by atoms with Crippen LogP contribution in [0.4, 0.5) is 4.79 Å². The van der Waals surface area contributed by atoms with E-state index in [9.17, 15) is 4.79 Å². The van der Waals surface area contributed by atoms with E-state index >= 15 is 0 Å². The van der Waals surface area contributed by atoms with Crippen LogP contribution in [0.25, 0.3) is 0 Å². The van der Waals surface area contributed by atoms with Crippen LogP contribution in [0.3, 0.4) is 0 Å². The molecule has 0 aliphatic heterocycles. The summed E-state index contributed by atoms with van der Waals surface area (Å²) in [4.78, 5) is 9.60. The molecule has 0 aliphatic rings. The maximum atomic E-state index is 9.60. The second-order valence-electron chi connectivity index (χ2n) is 0.919. The number of primary amides is 1. The average Bonchev–Trinajstić information content (AvgIpc) is 1.67. The third kappa shape index (κ3) is 50.0. The highest BCUT2D eigenvalue weighted by Gasteiger charge is 1.82. The molecule has 54 valence electrons. The molecule has 0 aromatic rings. The minimum atomic E-state index is -0.711. The van der Waals surface area contributed by atoms with Crippen LogP contribution in [-0.4, -0.2) is 19.0 Å². The van der Waals surface area contributed by atoms with Crippen molar-refractivity contribution in [1.29, 1.82) is 5.41 Å².